The number of para-hydroxylation sites is 1. The highest BCUT2D eigenvalue weighted by atomic mass is 35.5. The van der Waals surface area contributed by atoms with E-state index in [2.05, 4.69) is 10.6 Å². The van der Waals surface area contributed by atoms with Crippen LogP contribution in [0.15, 0.2) is 36.4 Å². The van der Waals surface area contributed by atoms with E-state index in [0.29, 0.717) is 21.4 Å². The molecule has 2 aromatic carbocycles. The molecule has 0 atom stereocenters. The van der Waals surface area contributed by atoms with E-state index in [1.165, 1.54) is 6.07 Å². The zero-order valence-electron chi connectivity index (χ0n) is 11.3. The summed E-state index contributed by atoms with van der Waals surface area (Å²) in [7, 11) is 0. The van der Waals surface area contributed by atoms with Crippen molar-refractivity contribution in [2.45, 2.75) is 6.42 Å². The standard InChI is InChI=1S/C15H12Cl2F2N2O/c16-10-2-1-3-11(17)15(10)21-14(22)6-7-20-9-4-5-12(18)13(19)8-9/h1-5,8,20H,6-7H2,(H,21,22). The summed E-state index contributed by atoms with van der Waals surface area (Å²) in [4.78, 5) is 11.8. The zero-order chi connectivity index (χ0) is 16.1. The smallest absolute Gasteiger partial charge is 0.226 e. The Labute approximate surface area is 136 Å². The van der Waals surface area contributed by atoms with Crippen LogP contribution >= 0.6 is 23.2 Å². The van der Waals surface area contributed by atoms with Gasteiger partial charge in [0.1, 0.15) is 0 Å². The van der Waals surface area contributed by atoms with E-state index in [4.69, 9.17) is 23.2 Å². The third-order valence-corrected chi connectivity index (χ3v) is 3.46. The number of halogens is 4. The minimum Gasteiger partial charge on any atom is -0.384 e. The summed E-state index contributed by atoms with van der Waals surface area (Å²) in [6.45, 7) is 0.249. The summed E-state index contributed by atoms with van der Waals surface area (Å²) in [5.41, 5.74) is 0.742. The Hall–Kier alpha value is -1.85. The maximum atomic E-state index is 13.0. The van der Waals surface area contributed by atoms with Crippen LogP contribution in [0.2, 0.25) is 10.0 Å². The zero-order valence-corrected chi connectivity index (χ0v) is 12.8. The summed E-state index contributed by atoms with van der Waals surface area (Å²) in [5, 5.41) is 6.12. The summed E-state index contributed by atoms with van der Waals surface area (Å²) in [5.74, 6) is -2.17. The molecular formula is C15H12Cl2F2N2O. The lowest BCUT2D eigenvalue weighted by Crippen LogP contribution is -2.16. The lowest BCUT2D eigenvalue weighted by Gasteiger charge is -2.10. The van der Waals surface area contributed by atoms with E-state index in [0.717, 1.165) is 12.1 Å². The molecule has 0 bridgehead atoms. The maximum Gasteiger partial charge on any atom is 0.226 e. The summed E-state index contributed by atoms with van der Waals surface area (Å²) >= 11 is 11.9. The lowest BCUT2D eigenvalue weighted by atomic mass is 10.2. The molecule has 0 aliphatic carbocycles. The van der Waals surface area contributed by atoms with Gasteiger partial charge in [-0.05, 0) is 30.3 Å². The second-order valence-corrected chi connectivity index (χ2v) is 5.26. The summed E-state index contributed by atoms with van der Waals surface area (Å²) < 4.78 is 25.8. The van der Waals surface area contributed by atoms with Crippen molar-refractivity contribution < 1.29 is 13.6 Å². The van der Waals surface area contributed by atoms with Crippen LogP contribution in [0, 0.1) is 11.6 Å². The highest BCUT2D eigenvalue weighted by Gasteiger charge is 2.09. The average Bonchev–Trinajstić information content (AvgIpc) is 2.47. The van der Waals surface area contributed by atoms with Gasteiger partial charge in [-0.15, -0.1) is 0 Å². The highest BCUT2D eigenvalue weighted by Crippen LogP contribution is 2.29. The second kappa shape index (κ2) is 7.42. The number of anilines is 2. The van der Waals surface area contributed by atoms with Crippen LogP contribution in [0.25, 0.3) is 0 Å². The van der Waals surface area contributed by atoms with E-state index >= 15 is 0 Å². The van der Waals surface area contributed by atoms with Crippen molar-refractivity contribution in [2.24, 2.45) is 0 Å². The van der Waals surface area contributed by atoms with Crippen LogP contribution < -0.4 is 10.6 Å². The fourth-order valence-corrected chi connectivity index (χ4v) is 2.24. The highest BCUT2D eigenvalue weighted by molar-refractivity contribution is 6.39. The largest absolute Gasteiger partial charge is 0.384 e. The van der Waals surface area contributed by atoms with Crippen molar-refractivity contribution in [1.29, 1.82) is 0 Å². The number of carbonyl (C=O) groups is 1. The van der Waals surface area contributed by atoms with E-state index in [9.17, 15) is 13.6 Å². The number of amides is 1. The Balaban J connectivity index is 1.86. The quantitative estimate of drug-likeness (QED) is 0.824. The van der Waals surface area contributed by atoms with Crippen molar-refractivity contribution in [2.75, 3.05) is 17.2 Å². The lowest BCUT2D eigenvalue weighted by molar-refractivity contribution is -0.115. The molecule has 1 amide bonds. The van der Waals surface area contributed by atoms with Crippen LogP contribution in [0.4, 0.5) is 20.2 Å². The van der Waals surface area contributed by atoms with E-state index < -0.39 is 11.6 Å². The predicted octanol–water partition coefficient (Wildman–Crippen LogP) is 4.71. The normalized spacial score (nSPS) is 10.4. The minimum absolute atomic E-state index is 0.112. The van der Waals surface area contributed by atoms with Gasteiger partial charge in [0.05, 0.1) is 15.7 Å². The Morgan fingerprint density at radius 3 is 2.36 bits per heavy atom. The van der Waals surface area contributed by atoms with Crippen LogP contribution in [0.5, 0.6) is 0 Å². The summed E-state index contributed by atoms with van der Waals surface area (Å²) in [6, 6.07) is 8.33. The topological polar surface area (TPSA) is 41.1 Å². The number of benzene rings is 2. The number of carbonyl (C=O) groups excluding carboxylic acids is 1. The fraction of sp³-hybridized carbons (Fsp3) is 0.133. The number of nitrogens with one attached hydrogen (secondary N) is 2. The molecular weight excluding hydrogens is 333 g/mol. The SMILES string of the molecule is O=C(CCNc1ccc(F)c(F)c1)Nc1c(Cl)cccc1Cl. The van der Waals surface area contributed by atoms with Gasteiger partial charge in [-0.25, -0.2) is 8.78 Å². The molecule has 0 aromatic heterocycles. The van der Waals surface area contributed by atoms with E-state index in [1.54, 1.807) is 18.2 Å². The van der Waals surface area contributed by atoms with Crippen LogP contribution in [-0.4, -0.2) is 12.5 Å². The van der Waals surface area contributed by atoms with Crippen LogP contribution in [-0.2, 0) is 4.79 Å². The van der Waals surface area contributed by atoms with Gasteiger partial charge in [-0.1, -0.05) is 29.3 Å². The minimum atomic E-state index is -0.947. The monoisotopic (exact) mass is 344 g/mol. The molecule has 0 radical (unpaired) electrons. The van der Waals surface area contributed by atoms with Crippen LogP contribution in [0.3, 0.4) is 0 Å². The molecule has 22 heavy (non-hydrogen) atoms. The third-order valence-electron chi connectivity index (χ3n) is 2.83. The number of hydrogen-bond donors (Lipinski definition) is 2. The first kappa shape index (κ1) is 16.5. The van der Waals surface area contributed by atoms with Crippen molar-refractivity contribution in [3.05, 3.63) is 58.1 Å². The van der Waals surface area contributed by atoms with Gasteiger partial charge < -0.3 is 10.6 Å². The predicted molar refractivity (Wildman–Crippen MR) is 84.6 cm³/mol. The van der Waals surface area contributed by atoms with Crippen LogP contribution in [0.1, 0.15) is 6.42 Å². The van der Waals surface area contributed by atoms with Gasteiger partial charge in [-0.2, -0.15) is 0 Å². The molecule has 7 heteroatoms. The van der Waals surface area contributed by atoms with Gasteiger partial charge in [-0.3, -0.25) is 4.79 Å². The molecule has 0 saturated carbocycles. The molecule has 3 nitrogen and oxygen atoms in total. The first-order valence-corrected chi connectivity index (χ1v) is 7.16. The molecule has 0 aliphatic heterocycles. The first-order chi connectivity index (χ1) is 10.5. The number of hydrogen-bond acceptors (Lipinski definition) is 2. The van der Waals surface area contributed by atoms with Crippen molar-refractivity contribution >= 4 is 40.5 Å². The Bertz CT molecular complexity index is 675. The van der Waals surface area contributed by atoms with Gasteiger partial charge >= 0.3 is 0 Å². The molecule has 2 aromatic rings. The van der Waals surface area contributed by atoms with E-state index in [-0.39, 0.29) is 18.9 Å². The van der Waals surface area contributed by atoms with Gasteiger partial charge in [0.25, 0.3) is 0 Å². The molecule has 0 heterocycles. The maximum absolute atomic E-state index is 13.0. The average molecular weight is 345 g/mol. The molecule has 0 spiro atoms. The summed E-state index contributed by atoms with van der Waals surface area (Å²) in [6.07, 6.45) is 0.112. The Morgan fingerprint density at radius 1 is 1.05 bits per heavy atom. The molecule has 2 N–H and O–H groups in total. The second-order valence-electron chi connectivity index (χ2n) is 4.45. The molecule has 0 fully saturated rings. The molecule has 0 unspecified atom stereocenters. The van der Waals surface area contributed by atoms with Gasteiger partial charge in [0, 0.05) is 18.7 Å². The molecule has 0 aliphatic rings. The van der Waals surface area contributed by atoms with E-state index in [1.807, 2.05) is 0 Å². The fourth-order valence-electron chi connectivity index (χ4n) is 1.75. The number of rotatable bonds is 5. The Morgan fingerprint density at radius 2 is 1.73 bits per heavy atom. The van der Waals surface area contributed by atoms with Gasteiger partial charge in [0.15, 0.2) is 11.6 Å². The van der Waals surface area contributed by atoms with Crippen molar-refractivity contribution in [3.8, 4) is 0 Å². The Kier molecular flexibility index (Phi) is 5.57. The molecule has 0 saturated heterocycles. The van der Waals surface area contributed by atoms with Crippen molar-refractivity contribution in [3.63, 3.8) is 0 Å². The first-order valence-electron chi connectivity index (χ1n) is 6.40. The van der Waals surface area contributed by atoms with Gasteiger partial charge in [0.2, 0.25) is 5.91 Å². The third kappa shape index (κ3) is 4.32. The molecule has 116 valence electrons. The molecule has 2 rings (SSSR count). The van der Waals surface area contributed by atoms with Crippen molar-refractivity contribution in [1.82, 2.24) is 0 Å².